The molecule has 24 valence electrons. The van der Waals surface area contributed by atoms with Crippen molar-refractivity contribution in [3.63, 3.8) is 0 Å². The van der Waals surface area contributed by atoms with Crippen LogP contribution in [0.25, 0.3) is 0 Å². The van der Waals surface area contributed by atoms with Crippen LogP contribution in [0.5, 0.6) is 0 Å². The molecule has 0 N–H and O–H groups in total. The van der Waals surface area contributed by atoms with Gasteiger partial charge in [0.05, 0.1) is 0 Å². The van der Waals surface area contributed by atoms with E-state index in [1.165, 1.54) is 14.5 Å². The molecule has 0 rings (SSSR count). The fraction of sp³-hybridized carbons (Fsp3) is 0. The van der Waals surface area contributed by atoms with E-state index in [1.807, 2.05) is 0 Å². The molecule has 0 aromatic carbocycles. The SMILES string of the molecule is BCl.BCl. The van der Waals surface area contributed by atoms with Crippen molar-refractivity contribution in [3.05, 3.63) is 0 Å². The van der Waals surface area contributed by atoms with Gasteiger partial charge in [-0.3, -0.25) is 0 Å². The molecule has 0 aliphatic rings. The highest BCUT2D eigenvalue weighted by Crippen LogP contribution is 1.29. The lowest BCUT2D eigenvalue weighted by molar-refractivity contribution is 4.80. The van der Waals surface area contributed by atoms with Gasteiger partial charge in [0.25, 0.3) is 0 Å². The van der Waals surface area contributed by atoms with Gasteiger partial charge in [-0.25, -0.2) is 22.9 Å². The van der Waals surface area contributed by atoms with Gasteiger partial charge in [-0.2, -0.15) is 0 Å². The predicted octanol–water partition coefficient (Wildman–Crippen LogP) is -0.453. The Morgan fingerprint density at radius 1 is 0.750 bits per heavy atom. The summed E-state index contributed by atoms with van der Waals surface area (Å²) in [4.78, 5) is 0. The van der Waals surface area contributed by atoms with Crippen molar-refractivity contribution in [2.75, 3.05) is 0 Å². The fourth-order valence-corrected chi connectivity index (χ4v) is 0. The Bertz CT molecular complexity index is 4.00. The van der Waals surface area contributed by atoms with Crippen LogP contribution in [0.4, 0.5) is 0 Å². The molecule has 4 heavy (non-hydrogen) atoms. The van der Waals surface area contributed by atoms with E-state index in [0.29, 0.717) is 0 Å². The Morgan fingerprint density at radius 3 is 0.750 bits per heavy atom. The minimum atomic E-state index is 1.47. The van der Waals surface area contributed by atoms with E-state index in [2.05, 4.69) is 22.9 Å². The Balaban J connectivity index is 0. The summed E-state index contributed by atoms with van der Waals surface area (Å²) >= 11 is 9.28. The van der Waals surface area contributed by atoms with Crippen LogP contribution in [0.1, 0.15) is 0 Å². The minimum absolute atomic E-state index is 1.47. The first-order valence-corrected chi connectivity index (χ1v) is 2.27. The molecular weight excluding hydrogens is 92.5 g/mol. The molecule has 0 amide bonds. The first-order chi connectivity index (χ1) is 2.00. The summed E-state index contributed by atoms with van der Waals surface area (Å²) in [6, 6.07) is 0. The van der Waals surface area contributed by atoms with E-state index in [-0.39, 0.29) is 0 Å². The summed E-state index contributed by atoms with van der Waals surface area (Å²) < 4.78 is 0. The third kappa shape index (κ3) is 15.7. The summed E-state index contributed by atoms with van der Waals surface area (Å²) in [5.41, 5.74) is 0. The number of halogens is 2. The quantitative estimate of drug-likeness (QED) is 0.358. The lowest BCUT2D eigenvalue weighted by atomic mass is 10.8. The summed E-state index contributed by atoms with van der Waals surface area (Å²) in [7, 11) is 2.94. The van der Waals surface area contributed by atoms with Crippen LogP contribution in [0, 0.1) is 0 Å². The van der Waals surface area contributed by atoms with E-state index in [4.69, 9.17) is 0 Å². The molecule has 0 fully saturated rings. The molecule has 0 aliphatic carbocycles. The lowest BCUT2D eigenvalue weighted by Gasteiger charge is -1.02. The zero-order valence-electron chi connectivity index (χ0n) is 2.76. The maximum Gasteiger partial charge on any atom is 0.215 e. The van der Waals surface area contributed by atoms with E-state index in [9.17, 15) is 0 Å². The summed E-state index contributed by atoms with van der Waals surface area (Å²) in [5, 5.41) is 0. The normalized spacial score (nSPS) is 2.50. The second kappa shape index (κ2) is 54.1. The number of hydrogen-bond donors (Lipinski definition) is 0. The lowest BCUT2D eigenvalue weighted by Crippen LogP contribution is -0.980. The van der Waals surface area contributed by atoms with Gasteiger partial charge < -0.3 is 0 Å². The van der Waals surface area contributed by atoms with Gasteiger partial charge in [0.1, 0.15) is 0 Å². The first kappa shape index (κ1) is 8.83. The zero-order valence-corrected chi connectivity index (χ0v) is 4.27. The molecule has 0 bridgehead atoms. The van der Waals surface area contributed by atoms with Crippen LogP contribution < -0.4 is 0 Å². The summed E-state index contributed by atoms with van der Waals surface area (Å²) in [6.45, 7) is 0. The van der Waals surface area contributed by atoms with Crippen molar-refractivity contribution in [1.82, 2.24) is 0 Å². The van der Waals surface area contributed by atoms with Crippen LogP contribution in [0.2, 0.25) is 0 Å². The van der Waals surface area contributed by atoms with Crippen LogP contribution in [-0.2, 0) is 0 Å². The van der Waals surface area contributed by atoms with Gasteiger partial charge in [0.2, 0.25) is 14.5 Å². The Labute approximate surface area is 38.1 Å². The van der Waals surface area contributed by atoms with Gasteiger partial charge in [-0.15, -0.1) is 0 Å². The molecule has 0 radical (unpaired) electrons. The smallest absolute Gasteiger partial charge is 0.206 e. The standard InChI is InChI=1S/2BClH2/c2*1-2/h2*1H2. The average molecular weight is 96.6 g/mol. The maximum atomic E-state index is 4.64. The van der Waals surface area contributed by atoms with Crippen molar-refractivity contribution in [2.24, 2.45) is 0 Å². The van der Waals surface area contributed by atoms with Crippen LogP contribution in [0.15, 0.2) is 0 Å². The van der Waals surface area contributed by atoms with Gasteiger partial charge in [-0.1, -0.05) is 0 Å². The number of rotatable bonds is 0. The van der Waals surface area contributed by atoms with E-state index in [0.717, 1.165) is 0 Å². The topological polar surface area (TPSA) is 0 Å². The molecule has 0 heterocycles. The van der Waals surface area contributed by atoms with Crippen molar-refractivity contribution in [1.29, 1.82) is 0 Å². The predicted molar refractivity (Wildman–Crippen MR) is 28.8 cm³/mol. The molecule has 0 aliphatic heterocycles. The zero-order chi connectivity index (χ0) is 4.00. The molecule has 4 heteroatoms. The van der Waals surface area contributed by atoms with Gasteiger partial charge >= 0.3 is 0 Å². The third-order valence-corrected chi connectivity index (χ3v) is 0. The monoisotopic (exact) mass is 96.0 g/mol. The largest absolute Gasteiger partial charge is 0.215 e. The minimum Gasteiger partial charge on any atom is -0.206 e. The molecule has 0 aromatic heterocycles. The van der Waals surface area contributed by atoms with Gasteiger partial charge in [-0.05, 0) is 0 Å². The molecule has 0 unspecified atom stereocenters. The average Bonchev–Trinajstić information content (AvgIpc) is 1.50. The number of hydrogen-bond acceptors (Lipinski definition) is 0. The summed E-state index contributed by atoms with van der Waals surface area (Å²) in [6.07, 6.45) is 0. The van der Waals surface area contributed by atoms with E-state index < -0.39 is 0 Å². The second-order valence-corrected chi connectivity index (χ2v) is 0. The molecular formula is H4B2Cl2. The van der Waals surface area contributed by atoms with Gasteiger partial charge in [0.15, 0.2) is 0 Å². The highest BCUT2D eigenvalue weighted by atomic mass is 35.5. The van der Waals surface area contributed by atoms with E-state index in [1.54, 1.807) is 0 Å². The molecule has 0 atom stereocenters. The fourth-order valence-electron chi connectivity index (χ4n) is 0. The Hall–Kier alpha value is 0.710. The Kier molecular flexibility index (Phi) is 119. The van der Waals surface area contributed by atoms with Crippen LogP contribution in [-0.4, -0.2) is 14.5 Å². The van der Waals surface area contributed by atoms with Crippen molar-refractivity contribution < 1.29 is 0 Å². The van der Waals surface area contributed by atoms with Crippen LogP contribution >= 0.6 is 22.9 Å². The van der Waals surface area contributed by atoms with E-state index >= 15 is 0 Å². The molecule has 0 spiro atoms. The van der Waals surface area contributed by atoms with Crippen LogP contribution in [0.3, 0.4) is 0 Å². The molecule has 0 aromatic rings. The second-order valence-electron chi connectivity index (χ2n) is 0. The summed E-state index contributed by atoms with van der Waals surface area (Å²) in [5.74, 6) is 0. The Morgan fingerprint density at radius 2 is 0.750 bits per heavy atom. The molecule has 0 saturated carbocycles. The van der Waals surface area contributed by atoms with Crippen molar-refractivity contribution in [2.45, 2.75) is 0 Å². The third-order valence-electron chi connectivity index (χ3n) is 0. The molecule has 0 nitrogen and oxygen atoms in total. The van der Waals surface area contributed by atoms with Crippen molar-refractivity contribution in [3.8, 4) is 0 Å². The molecule has 0 saturated heterocycles. The first-order valence-electron chi connectivity index (χ1n) is 0.756. The highest BCUT2D eigenvalue weighted by molar-refractivity contribution is 6.81. The van der Waals surface area contributed by atoms with Crippen molar-refractivity contribution >= 4 is 37.4 Å². The van der Waals surface area contributed by atoms with Gasteiger partial charge in [0, 0.05) is 0 Å². The highest BCUT2D eigenvalue weighted by Gasteiger charge is 1.03. The maximum absolute atomic E-state index is 4.64.